The van der Waals surface area contributed by atoms with E-state index in [-0.39, 0.29) is 11.2 Å². The molecule has 0 aliphatic heterocycles. The molecule has 0 spiro atoms. The Morgan fingerprint density at radius 1 is 1.19 bits per heavy atom. The molecule has 2 aromatic rings. The van der Waals surface area contributed by atoms with E-state index in [1.54, 1.807) is 24.3 Å². The van der Waals surface area contributed by atoms with Gasteiger partial charge in [-0.3, -0.25) is 4.79 Å². The topological polar surface area (TPSA) is 52.9 Å². The molecule has 0 aromatic heterocycles. The van der Waals surface area contributed by atoms with Crippen LogP contribution in [0, 0.1) is 18.3 Å². The van der Waals surface area contributed by atoms with Gasteiger partial charge in [0.2, 0.25) is 5.91 Å². The van der Waals surface area contributed by atoms with E-state index in [0.29, 0.717) is 11.3 Å². The highest BCUT2D eigenvalue weighted by Gasteiger charge is 2.16. The standard InChI is InChI=1S/C17H16N2OS/c1-12-7-3-6-10-16(12)21-13(2)17(20)19-15-9-5-4-8-14(15)11-18/h3-10,13H,1-2H3,(H,19,20). The molecule has 1 atom stereocenters. The van der Waals surface area contributed by atoms with Gasteiger partial charge >= 0.3 is 0 Å². The first kappa shape index (κ1) is 15.1. The summed E-state index contributed by atoms with van der Waals surface area (Å²) in [5, 5.41) is 11.6. The van der Waals surface area contributed by atoms with Gasteiger partial charge in [0.1, 0.15) is 6.07 Å². The molecular weight excluding hydrogens is 280 g/mol. The number of thioether (sulfide) groups is 1. The summed E-state index contributed by atoms with van der Waals surface area (Å²) in [5.41, 5.74) is 2.18. The van der Waals surface area contributed by atoms with Gasteiger partial charge in [-0.2, -0.15) is 5.26 Å². The number of aryl methyl sites for hydroxylation is 1. The maximum atomic E-state index is 12.3. The summed E-state index contributed by atoms with van der Waals surface area (Å²) >= 11 is 1.52. The van der Waals surface area contributed by atoms with Crippen LogP contribution in [-0.2, 0) is 4.79 Å². The molecule has 0 saturated heterocycles. The van der Waals surface area contributed by atoms with Crippen molar-refractivity contribution in [2.24, 2.45) is 0 Å². The van der Waals surface area contributed by atoms with E-state index in [9.17, 15) is 4.79 Å². The Kier molecular flexibility index (Phi) is 5.02. The number of carbonyl (C=O) groups excluding carboxylic acids is 1. The minimum atomic E-state index is -0.238. The Balaban J connectivity index is 2.07. The lowest BCUT2D eigenvalue weighted by Crippen LogP contribution is -2.22. The van der Waals surface area contributed by atoms with Gasteiger partial charge in [0.05, 0.1) is 16.5 Å². The lowest BCUT2D eigenvalue weighted by Gasteiger charge is -2.14. The van der Waals surface area contributed by atoms with E-state index in [2.05, 4.69) is 11.4 Å². The molecule has 0 saturated carbocycles. The molecular formula is C17H16N2OS. The van der Waals surface area contributed by atoms with Gasteiger partial charge in [-0.25, -0.2) is 0 Å². The van der Waals surface area contributed by atoms with Gasteiger partial charge in [-0.1, -0.05) is 30.3 Å². The average Bonchev–Trinajstić information content (AvgIpc) is 2.50. The van der Waals surface area contributed by atoms with Gasteiger partial charge in [0.25, 0.3) is 0 Å². The van der Waals surface area contributed by atoms with Crippen LogP contribution in [0.15, 0.2) is 53.4 Å². The first-order valence-corrected chi connectivity index (χ1v) is 7.52. The first-order valence-electron chi connectivity index (χ1n) is 6.64. The van der Waals surface area contributed by atoms with Crippen molar-refractivity contribution in [2.75, 3.05) is 5.32 Å². The highest BCUT2D eigenvalue weighted by Crippen LogP contribution is 2.27. The van der Waals surface area contributed by atoms with Gasteiger partial charge in [0, 0.05) is 4.90 Å². The van der Waals surface area contributed by atoms with Crippen molar-refractivity contribution in [1.82, 2.24) is 0 Å². The summed E-state index contributed by atoms with van der Waals surface area (Å²) in [6.45, 7) is 3.89. The number of nitrogens with one attached hydrogen (secondary N) is 1. The van der Waals surface area contributed by atoms with Crippen molar-refractivity contribution in [1.29, 1.82) is 5.26 Å². The third-order valence-corrected chi connectivity index (χ3v) is 4.35. The van der Waals surface area contributed by atoms with E-state index in [1.165, 1.54) is 11.8 Å². The highest BCUT2D eigenvalue weighted by atomic mass is 32.2. The van der Waals surface area contributed by atoms with Crippen molar-refractivity contribution in [3.8, 4) is 6.07 Å². The third-order valence-electron chi connectivity index (χ3n) is 3.07. The minimum absolute atomic E-state index is 0.106. The average molecular weight is 296 g/mol. The van der Waals surface area contributed by atoms with Crippen LogP contribution in [-0.4, -0.2) is 11.2 Å². The van der Waals surface area contributed by atoms with Gasteiger partial charge in [0.15, 0.2) is 0 Å². The number of anilines is 1. The predicted molar refractivity (Wildman–Crippen MR) is 86.3 cm³/mol. The van der Waals surface area contributed by atoms with E-state index in [1.807, 2.05) is 38.1 Å². The smallest absolute Gasteiger partial charge is 0.237 e. The second-order valence-electron chi connectivity index (χ2n) is 4.67. The minimum Gasteiger partial charge on any atom is -0.324 e. The van der Waals surface area contributed by atoms with Crippen LogP contribution in [0.4, 0.5) is 5.69 Å². The number of nitriles is 1. The lowest BCUT2D eigenvalue weighted by molar-refractivity contribution is -0.115. The summed E-state index contributed by atoms with van der Waals surface area (Å²) < 4.78 is 0. The second kappa shape index (κ2) is 6.96. The molecule has 4 heteroatoms. The molecule has 1 amide bonds. The Morgan fingerprint density at radius 2 is 1.86 bits per heavy atom. The Bertz CT molecular complexity index is 691. The second-order valence-corrected chi connectivity index (χ2v) is 6.05. The Hall–Kier alpha value is -2.25. The number of hydrogen-bond donors (Lipinski definition) is 1. The predicted octanol–water partition coefficient (Wildman–Crippen LogP) is 3.99. The lowest BCUT2D eigenvalue weighted by atomic mass is 10.2. The zero-order chi connectivity index (χ0) is 15.2. The van der Waals surface area contributed by atoms with Crippen molar-refractivity contribution in [3.05, 3.63) is 59.7 Å². The number of rotatable bonds is 4. The van der Waals surface area contributed by atoms with Crippen LogP contribution in [0.25, 0.3) is 0 Å². The molecule has 2 aromatic carbocycles. The molecule has 0 aliphatic rings. The molecule has 0 bridgehead atoms. The maximum absolute atomic E-state index is 12.3. The molecule has 106 valence electrons. The van der Waals surface area contributed by atoms with Gasteiger partial charge in [-0.15, -0.1) is 11.8 Å². The molecule has 0 fully saturated rings. The largest absolute Gasteiger partial charge is 0.324 e. The van der Waals surface area contributed by atoms with Crippen LogP contribution in [0.2, 0.25) is 0 Å². The number of carbonyl (C=O) groups is 1. The normalized spacial score (nSPS) is 11.5. The number of hydrogen-bond acceptors (Lipinski definition) is 3. The van der Waals surface area contributed by atoms with Crippen LogP contribution in [0.5, 0.6) is 0 Å². The van der Waals surface area contributed by atoms with E-state index < -0.39 is 0 Å². The van der Waals surface area contributed by atoms with E-state index in [4.69, 9.17) is 5.26 Å². The number of benzene rings is 2. The Labute approximate surface area is 129 Å². The Morgan fingerprint density at radius 3 is 2.57 bits per heavy atom. The van der Waals surface area contributed by atoms with Crippen LogP contribution >= 0.6 is 11.8 Å². The monoisotopic (exact) mass is 296 g/mol. The van der Waals surface area contributed by atoms with Crippen molar-refractivity contribution >= 4 is 23.4 Å². The molecule has 21 heavy (non-hydrogen) atoms. The fraction of sp³-hybridized carbons (Fsp3) is 0.176. The number of amides is 1. The fourth-order valence-corrected chi connectivity index (χ4v) is 2.81. The molecule has 0 aliphatic carbocycles. The van der Waals surface area contributed by atoms with Crippen LogP contribution < -0.4 is 5.32 Å². The van der Waals surface area contributed by atoms with Crippen LogP contribution in [0.1, 0.15) is 18.1 Å². The molecule has 2 rings (SSSR count). The van der Waals surface area contributed by atoms with Crippen molar-refractivity contribution in [3.63, 3.8) is 0 Å². The molecule has 0 heterocycles. The van der Waals surface area contributed by atoms with Crippen molar-refractivity contribution < 1.29 is 4.79 Å². The summed E-state index contributed by atoms with van der Waals surface area (Å²) in [6.07, 6.45) is 0. The molecule has 3 nitrogen and oxygen atoms in total. The highest BCUT2D eigenvalue weighted by molar-refractivity contribution is 8.00. The summed E-state index contributed by atoms with van der Waals surface area (Å²) in [5.74, 6) is -0.106. The molecule has 0 radical (unpaired) electrons. The summed E-state index contributed by atoms with van der Waals surface area (Å²) in [7, 11) is 0. The van der Waals surface area contributed by atoms with Gasteiger partial charge in [-0.05, 0) is 37.6 Å². The van der Waals surface area contributed by atoms with Crippen LogP contribution in [0.3, 0.4) is 0 Å². The van der Waals surface area contributed by atoms with E-state index >= 15 is 0 Å². The quantitative estimate of drug-likeness (QED) is 0.868. The number of para-hydroxylation sites is 1. The molecule has 1 N–H and O–H groups in total. The SMILES string of the molecule is Cc1ccccc1SC(C)C(=O)Nc1ccccc1C#N. The fourth-order valence-electron chi connectivity index (χ4n) is 1.86. The summed E-state index contributed by atoms with van der Waals surface area (Å²) in [4.78, 5) is 13.3. The van der Waals surface area contributed by atoms with Gasteiger partial charge < -0.3 is 5.32 Å². The molecule has 1 unspecified atom stereocenters. The maximum Gasteiger partial charge on any atom is 0.237 e. The third kappa shape index (κ3) is 3.87. The zero-order valence-electron chi connectivity index (χ0n) is 12.0. The zero-order valence-corrected chi connectivity index (χ0v) is 12.8. The van der Waals surface area contributed by atoms with E-state index in [0.717, 1.165) is 10.5 Å². The summed E-state index contributed by atoms with van der Waals surface area (Å²) in [6, 6.07) is 17.1. The van der Waals surface area contributed by atoms with Crippen molar-refractivity contribution in [2.45, 2.75) is 24.0 Å². The number of nitrogens with zero attached hydrogens (tertiary/aromatic N) is 1. The first-order chi connectivity index (χ1) is 10.1.